The quantitative estimate of drug-likeness (QED) is 0.591. The Labute approximate surface area is 93.0 Å². The molecule has 0 amide bonds. The maximum absolute atomic E-state index is 11.5. The Hall–Kier alpha value is -0.170. The predicted molar refractivity (Wildman–Crippen MR) is 62.6 cm³/mol. The number of hydrogen-bond donors (Lipinski definition) is 3. The first kappa shape index (κ1) is 14.8. The fraction of sp³-hybridized carbons (Fsp3) is 1.00. The predicted octanol–water partition coefficient (Wildman–Crippen LogP) is 0.192. The van der Waals surface area contributed by atoms with E-state index < -0.39 is 10.2 Å². The Balaban J connectivity index is 4.28. The molecule has 15 heavy (non-hydrogen) atoms. The van der Waals surface area contributed by atoms with Gasteiger partial charge in [0.05, 0.1) is 0 Å². The summed E-state index contributed by atoms with van der Waals surface area (Å²) in [6.45, 7) is 7.94. The number of nitrogens with one attached hydrogen (secondary N) is 2. The van der Waals surface area contributed by atoms with Gasteiger partial charge < -0.3 is 5.73 Å². The minimum atomic E-state index is -3.42. The van der Waals surface area contributed by atoms with Crippen LogP contribution in [0.3, 0.4) is 0 Å². The molecule has 5 nitrogen and oxygen atoms in total. The third kappa shape index (κ3) is 7.72. The van der Waals surface area contributed by atoms with Crippen LogP contribution < -0.4 is 15.2 Å². The van der Waals surface area contributed by atoms with Crippen LogP contribution in [0.2, 0.25) is 0 Å². The van der Waals surface area contributed by atoms with E-state index >= 15 is 0 Å². The second-order valence-corrected chi connectivity index (χ2v) is 5.93. The van der Waals surface area contributed by atoms with Gasteiger partial charge in [-0.15, -0.1) is 0 Å². The number of rotatable bonds is 7. The molecule has 92 valence electrons. The van der Waals surface area contributed by atoms with E-state index in [1.54, 1.807) is 13.8 Å². The molecule has 0 saturated heterocycles. The summed E-state index contributed by atoms with van der Waals surface area (Å²) in [6.07, 6.45) is 0.746. The van der Waals surface area contributed by atoms with Crippen molar-refractivity contribution in [1.29, 1.82) is 0 Å². The monoisotopic (exact) mass is 237 g/mol. The molecular weight excluding hydrogens is 214 g/mol. The van der Waals surface area contributed by atoms with Gasteiger partial charge in [-0.1, -0.05) is 13.8 Å². The van der Waals surface area contributed by atoms with Crippen LogP contribution in [0.1, 0.15) is 34.1 Å². The highest BCUT2D eigenvalue weighted by Gasteiger charge is 2.17. The molecule has 0 saturated carbocycles. The molecule has 0 fully saturated rings. The van der Waals surface area contributed by atoms with E-state index in [9.17, 15) is 8.42 Å². The fourth-order valence-corrected chi connectivity index (χ4v) is 2.65. The number of hydrogen-bond acceptors (Lipinski definition) is 3. The van der Waals surface area contributed by atoms with E-state index in [2.05, 4.69) is 9.44 Å². The summed E-state index contributed by atoms with van der Waals surface area (Å²) >= 11 is 0. The molecule has 0 aliphatic heterocycles. The van der Waals surface area contributed by atoms with Crippen LogP contribution in [0.5, 0.6) is 0 Å². The Kier molecular flexibility index (Phi) is 6.35. The van der Waals surface area contributed by atoms with Crippen molar-refractivity contribution in [2.75, 3.05) is 6.54 Å². The van der Waals surface area contributed by atoms with Gasteiger partial charge in [-0.05, 0) is 26.2 Å². The van der Waals surface area contributed by atoms with Crippen LogP contribution in [0, 0.1) is 5.92 Å². The summed E-state index contributed by atoms with van der Waals surface area (Å²) in [5, 5.41) is 0. The normalized spacial score (nSPS) is 14.9. The molecule has 0 rings (SSSR count). The molecule has 1 unspecified atom stereocenters. The van der Waals surface area contributed by atoms with E-state index in [1.807, 2.05) is 13.8 Å². The maximum atomic E-state index is 11.5. The minimum Gasteiger partial charge on any atom is -0.329 e. The zero-order valence-electron chi connectivity index (χ0n) is 9.95. The Bertz CT molecular complexity index is 263. The largest absolute Gasteiger partial charge is 0.329 e. The van der Waals surface area contributed by atoms with Gasteiger partial charge in [0.15, 0.2) is 0 Å². The molecule has 0 aliphatic rings. The van der Waals surface area contributed by atoms with E-state index in [-0.39, 0.29) is 12.1 Å². The lowest BCUT2D eigenvalue weighted by atomic mass is 10.1. The topological polar surface area (TPSA) is 84.2 Å². The lowest BCUT2D eigenvalue weighted by Crippen LogP contribution is -2.48. The van der Waals surface area contributed by atoms with Crippen LogP contribution in [0.15, 0.2) is 0 Å². The average Bonchev–Trinajstić information content (AvgIpc) is 1.98. The van der Waals surface area contributed by atoms with Crippen molar-refractivity contribution >= 4 is 10.2 Å². The summed E-state index contributed by atoms with van der Waals surface area (Å²) < 4.78 is 28.0. The van der Waals surface area contributed by atoms with Crippen molar-refractivity contribution < 1.29 is 8.42 Å². The van der Waals surface area contributed by atoms with E-state index in [4.69, 9.17) is 5.73 Å². The molecule has 0 spiro atoms. The highest BCUT2D eigenvalue weighted by Crippen LogP contribution is 2.04. The van der Waals surface area contributed by atoms with Gasteiger partial charge >= 0.3 is 0 Å². The lowest BCUT2D eigenvalue weighted by Gasteiger charge is -2.19. The lowest BCUT2D eigenvalue weighted by molar-refractivity contribution is 0.459. The molecule has 4 N–H and O–H groups in total. The average molecular weight is 237 g/mol. The van der Waals surface area contributed by atoms with Crippen LogP contribution in [-0.4, -0.2) is 27.0 Å². The van der Waals surface area contributed by atoms with Crippen molar-refractivity contribution in [3.8, 4) is 0 Å². The first-order valence-electron chi connectivity index (χ1n) is 5.26. The Morgan fingerprint density at radius 3 is 2.00 bits per heavy atom. The molecule has 0 aromatic heterocycles. The Morgan fingerprint density at radius 1 is 1.13 bits per heavy atom. The second kappa shape index (κ2) is 6.42. The minimum absolute atomic E-state index is 0.111. The summed E-state index contributed by atoms with van der Waals surface area (Å²) in [5.41, 5.74) is 5.50. The maximum Gasteiger partial charge on any atom is 0.277 e. The SMILES string of the molecule is CC(C)CC(CN)NS(=O)(=O)NC(C)C. The van der Waals surface area contributed by atoms with E-state index in [0.29, 0.717) is 12.5 Å². The van der Waals surface area contributed by atoms with Gasteiger partial charge in [0.2, 0.25) is 0 Å². The first-order valence-corrected chi connectivity index (χ1v) is 6.74. The molecule has 0 radical (unpaired) electrons. The third-order valence-electron chi connectivity index (χ3n) is 1.75. The standard InChI is InChI=1S/C9H23N3O2S/c1-7(2)5-9(6-10)12-15(13,14)11-8(3)4/h7-9,11-12H,5-6,10H2,1-4H3. The van der Waals surface area contributed by atoms with Crippen molar-refractivity contribution in [1.82, 2.24) is 9.44 Å². The van der Waals surface area contributed by atoms with Crippen LogP contribution in [0.25, 0.3) is 0 Å². The van der Waals surface area contributed by atoms with E-state index in [1.165, 1.54) is 0 Å². The van der Waals surface area contributed by atoms with Gasteiger partial charge in [0.1, 0.15) is 0 Å². The van der Waals surface area contributed by atoms with Crippen LogP contribution >= 0.6 is 0 Å². The highest BCUT2D eigenvalue weighted by atomic mass is 32.2. The summed E-state index contributed by atoms with van der Waals surface area (Å²) in [7, 11) is -3.42. The van der Waals surface area contributed by atoms with E-state index in [0.717, 1.165) is 6.42 Å². The fourth-order valence-electron chi connectivity index (χ4n) is 1.33. The third-order valence-corrected chi connectivity index (χ3v) is 3.18. The van der Waals surface area contributed by atoms with Crippen LogP contribution in [0.4, 0.5) is 0 Å². The Morgan fingerprint density at radius 2 is 1.67 bits per heavy atom. The molecule has 0 aromatic rings. The van der Waals surface area contributed by atoms with Crippen LogP contribution in [-0.2, 0) is 10.2 Å². The van der Waals surface area contributed by atoms with Crippen molar-refractivity contribution in [3.63, 3.8) is 0 Å². The van der Waals surface area contributed by atoms with Gasteiger partial charge in [-0.2, -0.15) is 17.9 Å². The van der Waals surface area contributed by atoms with Gasteiger partial charge in [0, 0.05) is 18.6 Å². The summed E-state index contributed by atoms with van der Waals surface area (Å²) in [5.74, 6) is 0.417. The van der Waals surface area contributed by atoms with Crippen molar-refractivity contribution in [3.05, 3.63) is 0 Å². The molecule has 0 aliphatic carbocycles. The van der Waals surface area contributed by atoms with Crippen molar-refractivity contribution in [2.45, 2.75) is 46.2 Å². The molecule has 0 heterocycles. The molecule has 6 heteroatoms. The van der Waals surface area contributed by atoms with Crippen molar-refractivity contribution in [2.24, 2.45) is 11.7 Å². The molecular formula is C9H23N3O2S. The van der Waals surface area contributed by atoms with Gasteiger partial charge in [-0.25, -0.2) is 0 Å². The van der Waals surface area contributed by atoms with Gasteiger partial charge in [-0.3, -0.25) is 0 Å². The molecule has 0 bridgehead atoms. The zero-order valence-corrected chi connectivity index (χ0v) is 10.8. The second-order valence-electron chi connectivity index (χ2n) is 4.46. The molecule has 1 atom stereocenters. The molecule has 0 aromatic carbocycles. The summed E-state index contributed by atoms with van der Waals surface area (Å²) in [4.78, 5) is 0. The highest BCUT2D eigenvalue weighted by molar-refractivity contribution is 7.87. The zero-order chi connectivity index (χ0) is 12.1. The summed E-state index contributed by atoms with van der Waals surface area (Å²) in [6, 6.07) is -0.304. The number of nitrogens with two attached hydrogens (primary N) is 1. The first-order chi connectivity index (χ1) is 6.76. The smallest absolute Gasteiger partial charge is 0.277 e. The van der Waals surface area contributed by atoms with Gasteiger partial charge in [0.25, 0.3) is 10.2 Å².